The van der Waals surface area contributed by atoms with Crippen LogP contribution in [0.1, 0.15) is 46.3 Å². The van der Waals surface area contributed by atoms with Gasteiger partial charge in [0, 0.05) is 23.1 Å². The van der Waals surface area contributed by atoms with E-state index in [-0.39, 0.29) is 18.4 Å². The number of carbonyl (C=O) groups excluding carboxylic acids is 1. The molecule has 1 unspecified atom stereocenters. The van der Waals surface area contributed by atoms with Gasteiger partial charge in [-0.3, -0.25) is 9.59 Å². The van der Waals surface area contributed by atoms with Crippen molar-refractivity contribution >= 4 is 35.0 Å². The highest BCUT2D eigenvalue weighted by atomic mass is 32.2. The average molecular weight is 313 g/mol. The molecular weight excluding hydrogens is 294 g/mol. The molecule has 1 atom stereocenters. The van der Waals surface area contributed by atoms with Gasteiger partial charge in [-0.25, -0.2) is 0 Å². The molecule has 0 radical (unpaired) electrons. The summed E-state index contributed by atoms with van der Waals surface area (Å²) in [5.41, 5.74) is 1.30. The highest BCUT2D eigenvalue weighted by molar-refractivity contribution is 7.98. The third-order valence-electron chi connectivity index (χ3n) is 3.26. The van der Waals surface area contributed by atoms with E-state index in [1.165, 1.54) is 10.4 Å². The van der Waals surface area contributed by atoms with Gasteiger partial charge in [-0.2, -0.15) is 11.8 Å². The van der Waals surface area contributed by atoms with Crippen molar-refractivity contribution in [3.8, 4) is 0 Å². The van der Waals surface area contributed by atoms with Gasteiger partial charge in [0.2, 0.25) is 0 Å². The van der Waals surface area contributed by atoms with Crippen LogP contribution in [-0.2, 0) is 17.0 Å². The summed E-state index contributed by atoms with van der Waals surface area (Å²) in [6.45, 7) is 1.92. The molecule has 0 aromatic carbocycles. The molecule has 0 saturated carbocycles. The Kier molecular flexibility index (Phi) is 5.48. The first-order valence-electron chi connectivity index (χ1n) is 6.78. The van der Waals surface area contributed by atoms with Gasteiger partial charge in [0.05, 0.1) is 4.88 Å². The molecular formula is C14H19NO3S2. The topological polar surface area (TPSA) is 66.4 Å². The van der Waals surface area contributed by atoms with Crippen molar-refractivity contribution in [1.82, 2.24) is 5.32 Å². The van der Waals surface area contributed by atoms with E-state index in [1.54, 1.807) is 11.3 Å². The van der Waals surface area contributed by atoms with Crippen LogP contribution in [0.5, 0.6) is 0 Å². The molecule has 1 aliphatic rings. The van der Waals surface area contributed by atoms with E-state index < -0.39 is 5.97 Å². The summed E-state index contributed by atoms with van der Waals surface area (Å²) in [5.74, 6) is 1.33. The SMILES string of the molecule is CC(CCCC(=O)O)NC(=O)c1cc2c(s1)CCSC2. The first-order chi connectivity index (χ1) is 9.56. The first-order valence-corrected chi connectivity index (χ1v) is 8.75. The summed E-state index contributed by atoms with van der Waals surface area (Å²) < 4.78 is 0. The summed E-state index contributed by atoms with van der Waals surface area (Å²) in [6.07, 6.45) is 2.50. The third kappa shape index (κ3) is 4.24. The molecule has 110 valence electrons. The van der Waals surface area contributed by atoms with Crippen molar-refractivity contribution < 1.29 is 14.7 Å². The van der Waals surface area contributed by atoms with E-state index in [4.69, 9.17) is 5.11 Å². The Morgan fingerprint density at radius 2 is 2.30 bits per heavy atom. The number of aliphatic carboxylic acids is 1. The van der Waals surface area contributed by atoms with Gasteiger partial charge in [-0.05, 0) is 43.6 Å². The van der Waals surface area contributed by atoms with Gasteiger partial charge in [-0.15, -0.1) is 11.3 Å². The largest absolute Gasteiger partial charge is 0.481 e. The number of hydrogen-bond donors (Lipinski definition) is 2. The number of thiophene rings is 1. The molecule has 20 heavy (non-hydrogen) atoms. The minimum absolute atomic E-state index is 0.00959. The number of carboxylic acids is 1. The fraction of sp³-hybridized carbons (Fsp3) is 0.571. The Morgan fingerprint density at radius 3 is 3.00 bits per heavy atom. The van der Waals surface area contributed by atoms with Crippen LogP contribution < -0.4 is 5.32 Å². The van der Waals surface area contributed by atoms with Crippen LogP contribution in [0.3, 0.4) is 0 Å². The van der Waals surface area contributed by atoms with Crippen LogP contribution in [0.25, 0.3) is 0 Å². The maximum atomic E-state index is 12.1. The number of hydrogen-bond acceptors (Lipinski definition) is 4. The molecule has 0 aliphatic carbocycles. The fourth-order valence-corrected chi connectivity index (χ4v) is 4.46. The number of amides is 1. The summed E-state index contributed by atoms with van der Waals surface area (Å²) in [4.78, 5) is 24.7. The summed E-state index contributed by atoms with van der Waals surface area (Å²) in [7, 11) is 0. The van der Waals surface area contributed by atoms with E-state index in [0.717, 1.165) is 22.8 Å². The molecule has 2 N–H and O–H groups in total. The second-order valence-electron chi connectivity index (χ2n) is 5.02. The molecule has 0 spiro atoms. The van der Waals surface area contributed by atoms with Crippen LogP contribution in [0.15, 0.2) is 6.07 Å². The lowest BCUT2D eigenvalue weighted by Crippen LogP contribution is -2.32. The van der Waals surface area contributed by atoms with Crippen LogP contribution >= 0.6 is 23.1 Å². The van der Waals surface area contributed by atoms with Crippen LogP contribution in [0, 0.1) is 0 Å². The number of fused-ring (bicyclic) bond motifs is 1. The second-order valence-corrected chi connectivity index (χ2v) is 7.26. The molecule has 1 aromatic heterocycles. The summed E-state index contributed by atoms with van der Waals surface area (Å²) in [5, 5.41) is 11.5. The molecule has 1 aliphatic heterocycles. The Balaban J connectivity index is 1.84. The zero-order valence-corrected chi connectivity index (χ0v) is 13.1. The zero-order chi connectivity index (χ0) is 14.5. The van der Waals surface area contributed by atoms with Crippen molar-refractivity contribution in [1.29, 1.82) is 0 Å². The van der Waals surface area contributed by atoms with E-state index >= 15 is 0 Å². The Morgan fingerprint density at radius 1 is 1.50 bits per heavy atom. The number of carboxylic acid groups (broad SMARTS) is 1. The van der Waals surface area contributed by atoms with Gasteiger partial charge in [0.25, 0.3) is 5.91 Å². The lowest BCUT2D eigenvalue weighted by molar-refractivity contribution is -0.137. The predicted octanol–water partition coefficient (Wildman–Crippen LogP) is 2.91. The Hall–Kier alpha value is -1.01. The van der Waals surface area contributed by atoms with Crippen molar-refractivity contribution in [2.24, 2.45) is 0 Å². The molecule has 4 nitrogen and oxygen atoms in total. The highest BCUT2D eigenvalue weighted by Crippen LogP contribution is 2.31. The second kappa shape index (κ2) is 7.13. The van der Waals surface area contributed by atoms with Crippen LogP contribution in [0.4, 0.5) is 0 Å². The Labute approximate surface area is 127 Å². The maximum absolute atomic E-state index is 12.1. The predicted molar refractivity (Wildman–Crippen MR) is 82.6 cm³/mol. The summed E-state index contributed by atoms with van der Waals surface area (Å²) >= 11 is 3.50. The smallest absolute Gasteiger partial charge is 0.303 e. The molecule has 1 aromatic rings. The standard InChI is InChI=1S/C14H19NO3S2/c1-9(3-2-4-13(16)17)15-14(18)12-7-10-8-19-6-5-11(10)20-12/h7,9H,2-6,8H2,1H3,(H,15,18)(H,16,17). The van der Waals surface area contributed by atoms with Gasteiger partial charge in [-0.1, -0.05) is 0 Å². The lowest BCUT2D eigenvalue weighted by atomic mass is 10.1. The molecule has 0 saturated heterocycles. The minimum Gasteiger partial charge on any atom is -0.481 e. The quantitative estimate of drug-likeness (QED) is 0.847. The molecule has 6 heteroatoms. The molecule has 2 heterocycles. The molecule has 0 bridgehead atoms. The normalized spacial score (nSPS) is 15.4. The number of nitrogens with one attached hydrogen (secondary N) is 1. The van der Waals surface area contributed by atoms with Crippen molar-refractivity contribution in [2.75, 3.05) is 5.75 Å². The van der Waals surface area contributed by atoms with Crippen molar-refractivity contribution in [3.63, 3.8) is 0 Å². The minimum atomic E-state index is -0.785. The molecule has 1 amide bonds. The molecule has 2 rings (SSSR count). The van der Waals surface area contributed by atoms with Crippen LogP contribution in [-0.4, -0.2) is 28.8 Å². The van der Waals surface area contributed by atoms with Crippen molar-refractivity contribution in [2.45, 2.75) is 44.4 Å². The third-order valence-corrected chi connectivity index (χ3v) is 5.50. The molecule has 0 fully saturated rings. The van der Waals surface area contributed by atoms with Gasteiger partial charge < -0.3 is 10.4 Å². The number of aryl methyl sites for hydroxylation is 1. The van der Waals surface area contributed by atoms with E-state index in [2.05, 4.69) is 5.32 Å². The zero-order valence-electron chi connectivity index (χ0n) is 11.5. The van der Waals surface area contributed by atoms with E-state index in [1.807, 2.05) is 24.8 Å². The highest BCUT2D eigenvalue weighted by Gasteiger charge is 2.18. The van der Waals surface area contributed by atoms with Gasteiger partial charge in [0.1, 0.15) is 0 Å². The number of thioether (sulfide) groups is 1. The van der Waals surface area contributed by atoms with Crippen molar-refractivity contribution in [3.05, 3.63) is 21.4 Å². The van der Waals surface area contributed by atoms with Gasteiger partial charge in [0.15, 0.2) is 0 Å². The van der Waals surface area contributed by atoms with E-state index in [0.29, 0.717) is 12.8 Å². The average Bonchev–Trinajstić information content (AvgIpc) is 2.82. The lowest BCUT2D eigenvalue weighted by Gasteiger charge is -2.12. The fourth-order valence-electron chi connectivity index (χ4n) is 2.19. The maximum Gasteiger partial charge on any atom is 0.303 e. The monoisotopic (exact) mass is 313 g/mol. The van der Waals surface area contributed by atoms with Gasteiger partial charge >= 0.3 is 5.97 Å². The van der Waals surface area contributed by atoms with Crippen LogP contribution in [0.2, 0.25) is 0 Å². The Bertz CT molecular complexity index is 475. The first kappa shape index (κ1) is 15.4. The number of carbonyl (C=O) groups is 2. The summed E-state index contributed by atoms with van der Waals surface area (Å²) in [6, 6.07) is 2.02. The van der Waals surface area contributed by atoms with E-state index in [9.17, 15) is 9.59 Å². The number of rotatable bonds is 6.